The van der Waals surface area contributed by atoms with E-state index in [0.717, 1.165) is 11.3 Å². The van der Waals surface area contributed by atoms with Crippen molar-refractivity contribution in [3.8, 4) is 11.8 Å². The normalized spacial score (nSPS) is 13.6. The number of ether oxygens (including phenoxy) is 1. The molecule has 0 unspecified atom stereocenters. The number of aromatic nitrogens is 1. The maximum atomic E-state index is 12.7. The third-order valence-electron chi connectivity index (χ3n) is 5.42. The van der Waals surface area contributed by atoms with Gasteiger partial charge in [0.15, 0.2) is 0 Å². The molecular formula is C24H21N5O5. The summed E-state index contributed by atoms with van der Waals surface area (Å²) in [6, 6.07) is 15.1. The van der Waals surface area contributed by atoms with Gasteiger partial charge in [0.05, 0.1) is 12.0 Å². The molecule has 3 aromatic rings. The molecule has 172 valence electrons. The average molecular weight is 459 g/mol. The lowest BCUT2D eigenvalue weighted by Gasteiger charge is -2.34. The Balaban J connectivity index is 1.42. The van der Waals surface area contributed by atoms with Gasteiger partial charge in [-0.3, -0.25) is 14.9 Å². The first-order chi connectivity index (χ1) is 16.5. The van der Waals surface area contributed by atoms with E-state index in [1.54, 1.807) is 18.1 Å². The minimum atomic E-state index is -0.503. The van der Waals surface area contributed by atoms with Crippen LogP contribution in [0.1, 0.15) is 27.5 Å². The van der Waals surface area contributed by atoms with Gasteiger partial charge in [0, 0.05) is 50.0 Å². The van der Waals surface area contributed by atoms with Crippen LogP contribution in [0.4, 0.5) is 11.6 Å². The lowest BCUT2D eigenvalue weighted by Crippen LogP contribution is -2.48. The monoisotopic (exact) mass is 459 g/mol. The van der Waals surface area contributed by atoms with Crippen LogP contribution in [0, 0.1) is 21.4 Å². The molecule has 1 aliphatic rings. The van der Waals surface area contributed by atoms with Gasteiger partial charge in [-0.15, -0.1) is 0 Å². The zero-order valence-corrected chi connectivity index (χ0v) is 18.4. The quantitative estimate of drug-likeness (QED) is 0.404. The second kappa shape index (κ2) is 9.87. The molecule has 1 aliphatic heterocycles. The van der Waals surface area contributed by atoms with Gasteiger partial charge in [0.25, 0.3) is 11.6 Å². The molecule has 0 aliphatic carbocycles. The van der Waals surface area contributed by atoms with Crippen molar-refractivity contribution >= 4 is 29.6 Å². The lowest BCUT2D eigenvalue weighted by atomic mass is 10.1. The summed E-state index contributed by atoms with van der Waals surface area (Å²) in [5.74, 6) is 1.21. The van der Waals surface area contributed by atoms with Gasteiger partial charge < -0.3 is 19.0 Å². The van der Waals surface area contributed by atoms with E-state index in [1.807, 2.05) is 35.2 Å². The summed E-state index contributed by atoms with van der Waals surface area (Å²) >= 11 is 0. The fourth-order valence-electron chi connectivity index (χ4n) is 3.62. The molecule has 10 heteroatoms. The van der Waals surface area contributed by atoms with E-state index in [-0.39, 0.29) is 17.3 Å². The van der Waals surface area contributed by atoms with Crippen molar-refractivity contribution < 1.29 is 18.9 Å². The smallest absolute Gasteiger partial charge is 0.269 e. The third kappa shape index (κ3) is 4.88. The van der Waals surface area contributed by atoms with Crippen molar-refractivity contribution in [3.63, 3.8) is 0 Å². The molecule has 4 rings (SSSR count). The van der Waals surface area contributed by atoms with Crippen LogP contribution in [0.3, 0.4) is 0 Å². The number of amides is 1. The molecule has 0 saturated carbocycles. The number of anilines is 1. The Morgan fingerprint density at radius 3 is 2.56 bits per heavy atom. The fraction of sp³-hybridized carbons (Fsp3) is 0.208. The molecule has 0 atom stereocenters. The molecular weight excluding hydrogens is 438 g/mol. The first-order valence-electron chi connectivity index (χ1n) is 10.5. The van der Waals surface area contributed by atoms with Crippen molar-refractivity contribution in [2.45, 2.75) is 0 Å². The van der Waals surface area contributed by atoms with Gasteiger partial charge in [-0.05, 0) is 35.9 Å². The van der Waals surface area contributed by atoms with E-state index in [2.05, 4.69) is 11.1 Å². The zero-order valence-electron chi connectivity index (χ0n) is 18.4. The van der Waals surface area contributed by atoms with Crippen molar-refractivity contribution in [1.29, 1.82) is 5.26 Å². The Kier molecular flexibility index (Phi) is 6.54. The number of benzene rings is 2. The van der Waals surface area contributed by atoms with Gasteiger partial charge in [-0.2, -0.15) is 10.2 Å². The van der Waals surface area contributed by atoms with Crippen LogP contribution in [0.15, 0.2) is 52.9 Å². The molecule has 1 aromatic heterocycles. The van der Waals surface area contributed by atoms with Crippen molar-refractivity contribution in [3.05, 3.63) is 81.4 Å². The Morgan fingerprint density at radius 1 is 1.18 bits per heavy atom. The maximum absolute atomic E-state index is 12.7. The third-order valence-corrected chi connectivity index (χ3v) is 5.42. The number of nitrogens with zero attached hydrogens (tertiary/aromatic N) is 5. The number of nitriles is 1. The molecule has 1 amide bonds. The van der Waals surface area contributed by atoms with Gasteiger partial charge in [-0.25, -0.2) is 0 Å². The van der Waals surface area contributed by atoms with Gasteiger partial charge >= 0.3 is 0 Å². The van der Waals surface area contributed by atoms with Crippen LogP contribution in [0.2, 0.25) is 0 Å². The summed E-state index contributed by atoms with van der Waals surface area (Å²) in [6.07, 6.45) is 3.51. The fourth-order valence-corrected chi connectivity index (χ4v) is 3.62. The summed E-state index contributed by atoms with van der Waals surface area (Å²) in [5, 5.41) is 20.3. The Morgan fingerprint density at radius 2 is 1.91 bits per heavy atom. The highest BCUT2D eigenvalue weighted by Crippen LogP contribution is 2.25. The largest absolute Gasteiger partial charge is 0.497 e. The number of methoxy groups -OCH3 is 1. The minimum Gasteiger partial charge on any atom is -0.497 e. The highest BCUT2D eigenvalue weighted by Gasteiger charge is 2.26. The molecule has 1 saturated heterocycles. The molecule has 0 radical (unpaired) electrons. The maximum Gasteiger partial charge on any atom is 0.269 e. The molecule has 1 fully saturated rings. The summed E-state index contributed by atoms with van der Waals surface area (Å²) in [6.45, 7) is 1.75. The molecule has 0 bridgehead atoms. The first kappa shape index (κ1) is 22.5. The Bertz CT molecular complexity index is 1270. The number of oxazole rings is 1. The van der Waals surface area contributed by atoms with Crippen LogP contribution in [-0.2, 0) is 0 Å². The van der Waals surface area contributed by atoms with Crippen LogP contribution in [0.5, 0.6) is 5.75 Å². The topological polar surface area (TPSA) is 126 Å². The number of hydrogen-bond donors (Lipinski definition) is 0. The number of nitro groups is 1. The average Bonchev–Trinajstić information content (AvgIpc) is 3.30. The molecule has 34 heavy (non-hydrogen) atoms. The number of carbonyl (C=O) groups excluding carboxylic acids is 1. The number of non-ortho nitro benzene ring substituents is 1. The van der Waals surface area contributed by atoms with Crippen LogP contribution in [0.25, 0.3) is 12.2 Å². The van der Waals surface area contributed by atoms with Crippen molar-refractivity contribution in [2.24, 2.45) is 0 Å². The second-order valence-corrected chi connectivity index (χ2v) is 7.51. The molecule has 2 aromatic carbocycles. The van der Waals surface area contributed by atoms with E-state index in [0.29, 0.717) is 43.5 Å². The number of carbonyl (C=O) groups is 1. The van der Waals surface area contributed by atoms with E-state index in [1.165, 1.54) is 24.3 Å². The van der Waals surface area contributed by atoms with Crippen molar-refractivity contribution in [2.75, 3.05) is 38.2 Å². The van der Waals surface area contributed by atoms with Gasteiger partial charge in [-0.1, -0.05) is 12.1 Å². The van der Waals surface area contributed by atoms with Crippen molar-refractivity contribution in [1.82, 2.24) is 9.88 Å². The Hall–Kier alpha value is -4.65. The molecule has 0 spiro atoms. The van der Waals surface area contributed by atoms with E-state index in [4.69, 9.17) is 9.15 Å². The summed E-state index contributed by atoms with van der Waals surface area (Å²) in [4.78, 5) is 30.9. The molecule has 0 N–H and O–H groups in total. The van der Waals surface area contributed by atoms with Crippen LogP contribution >= 0.6 is 0 Å². The summed E-state index contributed by atoms with van der Waals surface area (Å²) < 4.78 is 11.1. The highest BCUT2D eigenvalue weighted by molar-refractivity contribution is 5.94. The van der Waals surface area contributed by atoms with Gasteiger partial charge in [0.1, 0.15) is 11.8 Å². The van der Waals surface area contributed by atoms with Gasteiger partial charge in [0.2, 0.25) is 17.5 Å². The summed E-state index contributed by atoms with van der Waals surface area (Å²) in [5.41, 5.74) is 1.41. The van der Waals surface area contributed by atoms with Crippen LogP contribution in [-0.4, -0.2) is 54.0 Å². The number of nitro benzene ring substituents is 1. The molecule has 10 nitrogen and oxygen atoms in total. The number of rotatable bonds is 6. The number of hydrogen-bond acceptors (Lipinski definition) is 8. The summed E-state index contributed by atoms with van der Waals surface area (Å²) in [7, 11) is 1.60. The van der Waals surface area contributed by atoms with Crippen LogP contribution < -0.4 is 9.64 Å². The van der Waals surface area contributed by atoms with E-state index >= 15 is 0 Å². The first-order valence-corrected chi connectivity index (χ1v) is 10.5. The number of piperazine rings is 1. The highest BCUT2D eigenvalue weighted by atomic mass is 16.6. The minimum absolute atomic E-state index is 0.0630. The second-order valence-electron chi connectivity index (χ2n) is 7.51. The SMILES string of the molecule is COc1cccc(/C=C/c2nc(C#N)c(N3CCN(C(=O)c4ccc([N+](=O)[O-])cc4)CC3)o2)c1. The van der Waals surface area contributed by atoms with E-state index in [9.17, 15) is 20.2 Å². The predicted molar refractivity (Wildman–Crippen MR) is 124 cm³/mol. The van der Waals surface area contributed by atoms with E-state index < -0.39 is 4.92 Å². The standard InChI is InChI=1S/C24H21N5O5/c1-33-20-4-2-3-17(15-20)5-10-22-26-21(16-25)24(34-22)28-13-11-27(12-14-28)23(30)18-6-8-19(9-7-18)29(31)32/h2-10,15H,11-14H2,1H3/b10-5+. The predicted octanol–water partition coefficient (Wildman–Crippen LogP) is 3.60. The molecule has 2 heterocycles. The Labute approximate surface area is 195 Å². The zero-order chi connectivity index (χ0) is 24.1. The lowest BCUT2D eigenvalue weighted by molar-refractivity contribution is -0.384.